The number of H-pyrrole nitrogens is 1. The molecule has 25 heavy (non-hydrogen) atoms. The number of nitrogens with one attached hydrogen (secondary N) is 1. The van der Waals surface area contributed by atoms with Crippen LogP contribution in [0.3, 0.4) is 0 Å². The number of nitrogens with zero attached hydrogens (tertiary/aromatic N) is 2. The van der Waals surface area contributed by atoms with Crippen LogP contribution < -0.4 is 5.43 Å². The van der Waals surface area contributed by atoms with Crippen molar-refractivity contribution in [3.8, 4) is 0 Å². The van der Waals surface area contributed by atoms with Gasteiger partial charge in [-0.25, -0.2) is 0 Å². The second-order valence-corrected chi connectivity index (χ2v) is 6.90. The fourth-order valence-electron chi connectivity index (χ4n) is 2.54. The van der Waals surface area contributed by atoms with Crippen LogP contribution in [0.2, 0.25) is 0 Å². The molecule has 6 heteroatoms. The third kappa shape index (κ3) is 4.03. The number of amides is 1. The van der Waals surface area contributed by atoms with Crippen molar-refractivity contribution in [2.24, 2.45) is 0 Å². The fraction of sp³-hybridized carbons (Fsp3) is 0.211. The van der Waals surface area contributed by atoms with E-state index in [9.17, 15) is 9.59 Å². The van der Waals surface area contributed by atoms with Gasteiger partial charge in [-0.1, -0.05) is 6.07 Å². The van der Waals surface area contributed by atoms with Gasteiger partial charge in [0.15, 0.2) is 5.43 Å². The molecular weight excluding hydrogens is 334 g/mol. The SMILES string of the molecule is Cc1cc(=O)c(C(=O)N(Cc2ccccn2)Cc2sccc2C)c[nH]1. The third-order valence-corrected chi connectivity index (χ3v) is 4.96. The van der Waals surface area contributed by atoms with Gasteiger partial charge in [-0.05, 0) is 43.0 Å². The molecule has 0 fully saturated rings. The normalized spacial score (nSPS) is 10.6. The molecule has 3 rings (SSSR count). The summed E-state index contributed by atoms with van der Waals surface area (Å²) in [6, 6.07) is 9.08. The molecule has 0 spiro atoms. The van der Waals surface area contributed by atoms with Crippen molar-refractivity contribution >= 4 is 17.2 Å². The quantitative estimate of drug-likeness (QED) is 0.765. The van der Waals surface area contributed by atoms with Crippen molar-refractivity contribution in [1.29, 1.82) is 0 Å². The lowest BCUT2D eigenvalue weighted by atomic mass is 10.2. The molecule has 3 heterocycles. The van der Waals surface area contributed by atoms with E-state index >= 15 is 0 Å². The Morgan fingerprint density at radius 1 is 1.24 bits per heavy atom. The lowest BCUT2D eigenvalue weighted by molar-refractivity contribution is 0.0727. The minimum absolute atomic E-state index is 0.149. The van der Waals surface area contributed by atoms with E-state index in [2.05, 4.69) is 9.97 Å². The first-order valence-electron chi connectivity index (χ1n) is 7.96. The zero-order valence-electron chi connectivity index (χ0n) is 14.2. The number of thiophene rings is 1. The van der Waals surface area contributed by atoms with Gasteiger partial charge in [0.05, 0.1) is 18.8 Å². The van der Waals surface area contributed by atoms with E-state index in [1.54, 1.807) is 29.4 Å². The number of aromatic amines is 1. The van der Waals surface area contributed by atoms with Crippen molar-refractivity contribution < 1.29 is 4.79 Å². The van der Waals surface area contributed by atoms with Gasteiger partial charge < -0.3 is 9.88 Å². The first-order chi connectivity index (χ1) is 12.0. The van der Waals surface area contributed by atoms with Crippen molar-refractivity contribution in [1.82, 2.24) is 14.9 Å². The summed E-state index contributed by atoms with van der Waals surface area (Å²) in [7, 11) is 0. The highest BCUT2D eigenvalue weighted by Gasteiger charge is 2.21. The van der Waals surface area contributed by atoms with Crippen LogP contribution in [-0.2, 0) is 13.1 Å². The van der Waals surface area contributed by atoms with Crippen LogP contribution in [0.25, 0.3) is 0 Å². The van der Waals surface area contributed by atoms with Gasteiger partial charge in [-0.2, -0.15) is 0 Å². The Balaban J connectivity index is 1.93. The summed E-state index contributed by atoms with van der Waals surface area (Å²) < 4.78 is 0. The van der Waals surface area contributed by atoms with Gasteiger partial charge in [-0.3, -0.25) is 14.6 Å². The number of pyridine rings is 2. The Kier molecular flexibility index (Phi) is 5.09. The molecule has 0 bridgehead atoms. The summed E-state index contributed by atoms with van der Waals surface area (Å²) in [5.74, 6) is -0.292. The molecule has 0 aliphatic carbocycles. The molecule has 0 unspecified atom stereocenters. The van der Waals surface area contributed by atoms with Crippen molar-refractivity contribution in [2.45, 2.75) is 26.9 Å². The first-order valence-corrected chi connectivity index (χ1v) is 8.84. The van der Waals surface area contributed by atoms with Crippen LogP contribution >= 0.6 is 11.3 Å². The topological polar surface area (TPSA) is 66.1 Å². The molecule has 0 aliphatic rings. The summed E-state index contributed by atoms with van der Waals surface area (Å²) >= 11 is 1.61. The molecule has 1 amide bonds. The van der Waals surface area contributed by atoms with Gasteiger partial charge in [0.1, 0.15) is 5.56 Å². The minimum Gasteiger partial charge on any atom is -0.364 e. The van der Waals surface area contributed by atoms with Crippen molar-refractivity contribution in [3.05, 3.63) is 85.7 Å². The molecule has 3 aromatic heterocycles. The largest absolute Gasteiger partial charge is 0.364 e. The summed E-state index contributed by atoms with van der Waals surface area (Å²) in [5.41, 5.74) is 2.54. The van der Waals surface area contributed by atoms with Gasteiger partial charge >= 0.3 is 0 Å². The molecule has 0 saturated heterocycles. The number of hydrogen-bond acceptors (Lipinski definition) is 4. The Morgan fingerprint density at radius 3 is 2.72 bits per heavy atom. The Morgan fingerprint density at radius 2 is 2.08 bits per heavy atom. The molecule has 5 nitrogen and oxygen atoms in total. The zero-order chi connectivity index (χ0) is 17.8. The number of carbonyl (C=O) groups is 1. The minimum atomic E-state index is -0.292. The summed E-state index contributed by atoms with van der Waals surface area (Å²) in [5, 5.41) is 2.01. The lowest BCUT2D eigenvalue weighted by Gasteiger charge is -2.22. The zero-order valence-corrected chi connectivity index (χ0v) is 15.0. The third-order valence-electron chi connectivity index (χ3n) is 3.96. The summed E-state index contributed by atoms with van der Waals surface area (Å²) in [4.78, 5) is 35.3. The van der Waals surface area contributed by atoms with E-state index in [0.29, 0.717) is 13.1 Å². The Labute approximate surface area is 150 Å². The lowest BCUT2D eigenvalue weighted by Crippen LogP contribution is -2.33. The summed E-state index contributed by atoms with van der Waals surface area (Å²) in [6.07, 6.45) is 3.19. The molecule has 3 aromatic rings. The van der Waals surface area contributed by atoms with Crippen LogP contribution in [-0.4, -0.2) is 20.8 Å². The Bertz CT molecular complexity index is 931. The first kappa shape index (κ1) is 17.1. The number of aryl methyl sites for hydroxylation is 2. The second kappa shape index (κ2) is 7.44. The monoisotopic (exact) mass is 353 g/mol. The van der Waals surface area contributed by atoms with Gasteiger partial charge in [-0.15, -0.1) is 11.3 Å². The van der Waals surface area contributed by atoms with Crippen LogP contribution in [0.1, 0.15) is 32.2 Å². The maximum absolute atomic E-state index is 13.0. The highest BCUT2D eigenvalue weighted by molar-refractivity contribution is 7.10. The molecule has 0 atom stereocenters. The molecule has 0 aliphatic heterocycles. The fourth-order valence-corrected chi connectivity index (χ4v) is 3.46. The van der Waals surface area contributed by atoms with Crippen molar-refractivity contribution in [2.75, 3.05) is 0 Å². The maximum atomic E-state index is 13.0. The number of carbonyl (C=O) groups excluding carboxylic acids is 1. The molecule has 0 saturated carbocycles. The van der Waals surface area contributed by atoms with E-state index in [4.69, 9.17) is 0 Å². The standard InChI is InChI=1S/C19H19N3O2S/c1-13-6-8-25-18(13)12-22(11-15-5-3-4-7-20-15)19(24)16-10-21-14(2)9-17(16)23/h3-10H,11-12H2,1-2H3,(H,21,23). The predicted octanol–water partition coefficient (Wildman–Crippen LogP) is 3.29. The number of rotatable bonds is 5. The van der Waals surface area contributed by atoms with Crippen LogP contribution in [0.4, 0.5) is 0 Å². The van der Waals surface area contributed by atoms with Crippen LogP contribution in [0, 0.1) is 13.8 Å². The van der Waals surface area contributed by atoms with Gasteiger partial charge in [0.2, 0.25) is 0 Å². The van der Waals surface area contributed by atoms with Crippen LogP contribution in [0.15, 0.2) is 52.9 Å². The average Bonchev–Trinajstić information content (AvgIpc) is 2.99. The number of hydrogen-bond donors (Lipinski definition) is 1. The van der Waals surface area contributed by atoms with E-state index in [0.717, 1.165) is 21.8 Å². The van der Waals surface area contributed by atoms with E-state index in [-0.39, 0.29) is 16.9 Å². The highest BCUT2D eigenvalue weighted by Crippen LogP contribution is 2.20. The smallest absolute Gasteiger partial charge is 0.259 e. The maximum Gasteiger partial charge on any atom is 0.259 e. The highest BCUT2D eigenvalue weighted by atomic mass is 32.1. The molecular formula is C19H19N3O2S. The summed E-state index contributed by atoms with van der Waals surface area (Å²) in [6.45, 7) is 4.61. The molecule has 1 N–H and O–H groups in total. The van der Waals surface area contributed by atoms with Gasteiger partial charge in [0, 0.05) is 29.0 Å². The number of aromatic nitrogens is 2. The van der Waals surface area contributed by atoms with Crippen LogP contribution in [0.5, 0.6) is 0 Å². The van der Waals surface area contributed by atoms with Gasteiger partial charge in [0.25, 0.3) is 5.91 Å². The predicted molar refractivity (Wildman–Crippen MR) is 98.7 cm³/mol. The van der Waals surface area contributed by atoms with E-state index in [1.165, 1.54) is 12.3 Å². The second-order valence-electron chi connectivity index (χ2n) is 5.90. The average molecular weight is 353 g/mol. The van der Waals surface area contributed by atoms with E-state index < -0.39 is 0 Å². The molecule has 128 valence electrons. The molecule has 0 aromatic carbocycles. The molecule has 0 radical (unpaired) electrons. The Hall–Kier alpha value is -2.73. The van der Waals surface area contributed by atoms with E-state index in [1.807, 2.05) is 36.6 Å². The van der Waals surface area contributed by atoms with Crippen molar-refractivity contribution in [3.63, 3.8) is 0 Å².